The van der Waals surface area contributed by atoms with Crippen molar-refractivity contribution in [3.05, 3.63) is 72.3 Å². The van der Waals surface area contributed by atoms with Crippen LogP contribution in [0.5, 0.6) is 5.75 Å². The molecule has 0 bridgehead atoms. The lowest BCUT2D eigenvalue weighted by Gasteiger charge is -2.36. The van der Waals surface area contributed by atoms with Gasteiger partial charge in [-0.25, -0.2) is 0 Å². The number of amides is 1. The predicted molar refractivity (Wildman–Crippen MR) is 117 cm³/mol. The number of aromatic hydroxyl groups is 1. The van der Waals surface area contributed by atoms with Crippen molar-refractivity contribution in [2.24, 2.45) is 0 Å². The molecule has 0 spiro atoms. The number of carbonyl (C=O) groups is 1. The standard InChI is InChI=1S/C24H27N3O2/c1-18(20-10-6-8-19-7-2-3-9-21(19)20)25-24(29)17-26-13-15-27(16-14-26)22-11-4-5-12-23(22)28/h2-12,18,28H,13-17H2,1H3,(H,25,29)/t18-/m0/s1. The maximum Gasteiger partial charge on any atom is 0.234 e. The van der Waals surface area contributed by atoms with Gasteiger partial charge in [-0.3, -0.25) is 9.69 Å². The molecule has 2 N–H and O–H groups in total. The SMILES string of the molecule is C[C@H](NC(=O)CN1CCN(c2ccccc2O)CC1)c1cccc2ccccc12. The lowest BCUT2D eigenvalue weighted by molar-refractivity contribution is -0.123. The molecule has 1 aliphatic rings. The van der Waals surface area contributed by atoms with Crippen LogP contribution in [0.4, 0.5) is 5.69 Å². The van der Waals surface area contributed by atoms with Gasteiger partial charge in [0, 0.05) is 26.2 Å². The minimum absolute atomic E-state index is 0.0430. The Morgan fingerprint density at radius 1 is 0.966 bits per heavy atom. The monoisotopic (exact) mass is 389 g/mol. The van der Waals surface area contributed by atoms with Crippen molar-refractivity contribution in [3.8, 4) is 5.75 Å². The Kier molecular flexibility index (Phi) is 5.67. The summed E-state index contributed by atoms with van der Waals surface area (Å²) < 4.78 is 0. The highest BCUT2D eigenvalue weighted by molar-refractivity contribution is 5.87. The summed E-state index contributed by atoms with van der Waals surface area (Å²) in [5, 5.41) is 15.6. The summed E-state index contributed by atoms with van der Waals surface area (Å²) in [6.45, 7) is 5.61. The van der Waals surface area contributed by atoms with Gasteiger partial charge in [-0.1, -0.05) is 54.6 Å². The summed E-state index contributed by atoms with van der Waals surface area (Å²) in [4.78, 5) is 17.0. The van der Waals surface area contributed by atoms with Crippen LogP contribution in [0.1, 0.15) is 18.5 Å². The number of anilines is 1. The molecule has 1 aliphatic heterocycles. The van der Waals surface area contributed by atoms with Crippen molar-refractivity contribution in [2.45, 2.75) is 13.0 Å². The number of hydrogen-bond acceptors (Lipinski definition) is 4. The van der Waals surface area contributed by atoms with Crippen LogP contribution in [-0.4, -0.2) is 48.6 Å². The first-order valence-corrected chi connectivity index (χ1v) is 10.1. The molecule has 1 saturated heterocycles. The van der Waals surface area contributed by atoms with Crippen LogP contribution in [0.3, 0.4) is 0 Å². The number of rotatable bonds is 5. The molecule has 1 heterocycles. The summed E-state index contributed by atoms with van der Waals surface area (Å²) in [7, 11) is 0. The molecular formula is C24H27N3O2. The topological polar surface area (TPSA) is 55.8 Å². The Morgan fingerprint density at radius 2 is 1.66 bits per heavy atom. The van der Waals surface area contributed by atoms with Crippen LogP contribution >= 0.6 is 0 Å². The Balaban J connectivity index is 1.33. The molecule has 3 aromatic rings. The molecule has 1 fully saturated rings. The summed E-state index contributed by atoms with van der Waals surface area (Å²) in [6, 6.07) is 21.8. The van der Waals surface area contributed by atoms with Crippen LogP contribution in [0, 0.1) is 0 Å². The number of para-hydroxylation sites is 2. The average molecular weight is 389 g/mol. The third kappa shape index (κ3) is 4.35. The van der Waals surface area contributed by atoms with Crippen molar-refractivity contribution in [3.63, 3.8) is 0 Å². The van der Waals surface area contributed by atoms with Gasteiger partial charge in [0.25, 0.3) is 0 Å². The summed E-state index contributed by atoms with van der Waals surface area (Å²) >= 11 is 0. The van der Waals surface area contributed by atoms with E-state index in [-0.39, 0.29) is 11.9 Å². The van der Waals surface area contributed by atoms with E-state index < -0.39 is 0 Å². The van der Waals surface area contributed by atoms with E-state index in [1.807, 2.05) is 43.3 Å². The van der Waals surface area contributed by atoms with E-state index in [1.165, 1.54) is 10.8 Å². The van der Waals surface area contributed by atoms with Gasteiger partial charge < -0.3 is 15.3 Å². The second kappa shape index (κ2) is 8.53. The molecule has 0 aromatic heterocycles. The van der Waals surface area contributed by atoms with Crippen molar-refractivity contribution < 1.29 is 9.90 Å². The Morgan fingerprint density at radius 3 is 2.45 bits per heavy atom. The predicted octanol–water partition coefficient (Wildman–Crippen LogP) is 3.54. The molecule has 3 aromatic carbocycles. The second-order valence-corrected chi connectivity index (χ2v) is 7.61. The highest BCUT2D eigenvalue weighted by Crippen LogP contribution is 2.27. The van der Waals surface area contributed by atoms with Gasteiger partial charge in [0.15, 0.2) is 0 Å². The Bertz CT molecular complexity index is 991. The van der Waals surface area contributed by atoms with Crippen LogP contribution in [0.2, 0.25) is 0 Å². The van der Waals surface area contributed by atoms with Crippen LogP contribution < -0.4 is 10.2 Å². The molecule has 4 rings (SSSR count). The molecule has 0 radical (unpaired) electrons. The fraction of sp³-hybridized carbons (Fsp3) is 0.292. The fourth-order valence-corrected chi connectivity index (χ4v) is 4.07. The van der Waals surface area contributed by atoms with Gasteiger partial charge >= 0.3 is 0 Å². The van der Waals surface area contributed by atoms with E-state index >= 15 is 0 Å². The summed E-state index contributed by atoms with van der Waals surface area (Å²) in [5.74, 6) is 0.351. The van der Waals surface area contributed by atoms with E-state index in [1.54, 1.807) is 6.07 Å². The zero-order valence-corrected chi connectivity index (χ0v) is 16.7. The van der Waals surface area contributed by atoms with Crippen molar-refractivity contribution >= 4 is 22.4 Å². The average Bonchev–Trinajstić information content (AvgIpc) is 2.74. The van der Waals surface area contributed by atoms with E-state index in [9.17, 15) is 9.90 Å². The van der Waals surface area contributed by atoms with Gasteiger partial charge in [0.2, 0.25) is 5.91 Å². The first-order chi connectivity index (χ1) is 14.1. The molecule has 1 atom stereocenters. The number of piperazine rings is 1. The van der Waals surface area contributed by atoms with Crippen LogP contribution in [0.15, 0.2) is 66.7 Å². The number of nitrogens with one attached hydrogen (secondary N) is 1. The normalized spacial score (nSPS) is 16.0. The molecule has 150 valence electrons. The Labute approximate surface area is 171 Å². The van der Waals surface area contributed by atoms with E-state index in [0.29, 0.717) is 12.3 Å². The first kappa shape index (κ1) is 19.3. The Hall–Kier alpha value is -3.05. The molecule has 5 heteroatoms. The van der Waals surface area contributed by atoms with E-state index in [0.717, 1.165) is 37.4 Å². The van der Waals surface area contributed by atoms with Gasteiger partial charge in [0.05, 0.1) is 18.3 Å². The van der Waals surface area contributed by atoms with Crippen molar-refractivity contribution in [1.82, 2.24) is 10.2 Å². The number of fused-ring (bicyclic) bond motifs is 1. The third-order valence-corrected chi connectivity index (χ3v) is 5.63. The quantitative estimate of drug-likeness (QED) is 0.701. The molecule has 29 heavy (non-hydrogen) atoms. The highest BCUT2D eigenvalue weighted by Gasteiger charge is 2.21. The summed E-state index contributed by atoms with van der Waals surface area (Å²) in [5.41, 5.74) is 2.00. The van der Waals surface area contributed by atoms with E-state index in [2.05, 4.69) is 39.4 Å². The molecule has 5 nitrogen and oxygen atoms in total. The fourth-order valence-electron chi connectivity index (χ4n) is 4.07. The molecular weight excluding hydrogens is 362 g/mol. The molecule has 0 saturated carbocycles. The highest BCUT2D eigenvalue weighted by atomic mass is 16.3. The minimum Gasteiger partial charge on any atom is -0.506 e. The molecule has 0 aliphatic carbocycles. The van der Waals surface area contributed by atoms with Crippen molar-refractivity contribution in [2.75, 3.05) is 37.6 Å². The zero-order chi connectivity index (χ0) is 20.2. The van der Waals surface area contributed by atoms with Crippen molar-refractivity contribution in [1.29, 1.82) is 0 Å². The largest absolute Gasteiger partial charge is 0.506 e. The van der Waals surface area contributed by atoms with Gasteiger partial charge in [-0.15, -0.1) is 0 Å². The number of carbonyl (C=O) groups excluding carboxylic acids is 1. The first-order valence-electron chi connectivity index (χ1n) is 10.1. The van der Waals surface area contributed by atoms with E-state index in [4.69, 9.17) is 0 Å². The summed E-state index contributed by atoms with van der Waals surface area (Å²) in [6.07, 6.45) is 0. The second-order valence-electron chi connectivity index (χ2n) is 7.61. The number of phenolic OH excluding ortho intramolecular Hbond substituents is 1. The number of nitrogens with zero attached hydrogens (tertiary/aromatic N) is 2. The zero-order valence-electron chi connectivity index (χ0n) is 16.7. The number of benzene rings is 3. The third-order valence-electron chi connectivity index (χ3n) is 5.63. The van der Waals surface area contributed by atoms with Gasteiger partial charge in [-0.2, -0.15) is 0 Å². The van der Waals surface area contributed by atoms with Gasteiger partial charge in [-0.05, 0) is 35.4 Å². The lowest BCUT2D eigenvalue weighted by Crippen LogP contribution is -2.49. The number of phenols is 1. The minimum atomic E-state index is -0.0452. The van der Waals surface area contributed by atoms with Gasteiger partial charge in [0.1, 0.15) is 5.75 Å². The number of hydrogen-bond donors (Lipinski definition) is 2. The van der Waals surface area contributed by atoms with Crippen LogP contribution in [-0.2, 0) is 4.79 Å². The molecule has 1 amide bonds. The smallest absolute Gasteiger partial charge is 0.234 e. The lowest BCUT2D eigenvalue weighted by atomic mass is 10.00. The van der Waals surface area contributed by atoms with Crippen LogP contribution in [0.25, 0.3) is 10.8 Å². The maximum atomic E-state index is 12.6. The molecule has 0 unspecified atom stereocenters. The maximum absolute atomic E-state index is 12.6.